The van der Waals surface area contributed by atoms with Crippen LogP contribution in [0.1, 0.15) is 30.9 Å². The highest BCUT2D eigenvalue weighted by Gasteiger charge is 2.09. The van der Waals surface area contributed by atoms with Crippen molar-refractivity contribution in [2.45, 2.75) is 26.2 Å². The fraction of sp³-hybridized carbons (Fsp3) is 0.238. The summed E-state index contributed by atoms with van der Waals surface area (Å²) in [5.41, 5.74) is 3.10. The van der Waals surface area contributed by atoms with Gasteiger partial charge in [0.05, 0.1) is 0 Å². The second-order valence-electron chi connectivity index (χ2n) is 6.23. The molecule has 0 radical (unpaired) electrons. The number of benzene rings is 2. The quantitative estimate of drug-likeness (QED) is 0.392. The van der Waals surface area contributed by atoms with E-state index in [1.165, 1.54) is 17.3 Å². The lowest BCUT2D eigenvalue weighted by Gasteiger charge is -2.08. The first-order valence-electron chi connectivity index (χ1n) is 8.49. The Morgan fingerprint density at radius 3 is 2.58 bits per heavy atom. The van der Waals surface area contributed by atoms with Gasteiger partial charge in [-0.3, -0.25) is 4.79 Å². The SMILES string of the molecule is CC(C)c1ccc(NC(=O)/C(C#N)=C\NCCc2cccc(Br)c2)cc1. The summed E-state index contributed by atoms with van der Waals surface area (Å²) in [6.45, 7) is 4.87. The molecule has 26 heavy (non-hydrogen) atoms. The lowest BCUT2D eigenvalue weighted by Crippen LogP contribution is -2.18. The number of nitrogens with one attached hydrogen (secondary N) is 2. The third-order valence-corrected chi connectivity index (χ3v) is 4.39. The fourth-order valence-corrected chi connectivity index (χ4v) is 2.83. The monoisotopic (exact) mass is 411 g/mol. The zero-order valence-electron chi connectivity index (χ0n) is 14.9. The van der Waals surface area contributed by atoms with E-state index in [4.69, 9.17) is 0 Å². The summed E-state index contributed by atoms with van der Waals surface area (Å²) in [6, 6.07) is 17.6. The number of carbonyl (C=O) groups excluding carboxylic acids is 1. The van der Waals surface area contributed by atoms with Crippen LogP contribution >= 0.6 is 15.9 Å². The minimum atomic E-state index is -0.417. The Morgan fingerprint density at radius 2 is 1.96 bits per heavy atom. The Bertz CT molecular complexity index is 820. The summed E-state index contributed by atoms with van der Waals surface area (Å²) in [6.07, 6.45) is 2.27. The van der Waals surface area contributed by atoms with Crippen molar-refractivity contribution in [3.8, 4) is 6.07 Å². The van der Waals surface area contributed by atoms with E-state index in [9.17, 15) is 10.1 Å². The van der Waals surface area contributed by atoms with Crippen LogP contribution in [0.2, 0.25) is 0 Å². The zero-order valence-corrected chi connectivity index (χ0v) is 16.5. The van der Waals surface area contributed by atoms with Gasteiger partial charge in [0.2, 0.25) is 0 Å². The van der Waals surface area contributed by atoms with E-state index in [1.807, 2.05) is 54.6 Å². The molecule has 0 fully saturated rings. The minimum absolute atomic E-state index is 0.0483. The van der Waals surface area contributed by atoms with E-state index in [0.717, 1.165) is 10.9 Å². The van der Waals surface area contributed by atoms with Crippen LogP contribution < -0.4 is 10.6 Å². The van der Waals surface area contributed by atoms with Crippen molar-refractivity contribution < 1.29 is 4.79 Å². The van der Waals surface area contributed by atoms with Crippen LogP contribution in [0.3, 0.4) is 0 Å². The maximum absolute atomic E-state index is 12.2. The number of rotatable bonds is 7. The molecule has 0 spiro atoms. The van der Waals surface area contributed by atoms with E-state index in [-0.39, 0.29) is 5.57 Å². The van der Waals surface area contributed by atoms with E-state index in [2.05, 4.69) is 40.4 Å². The van der Waals surface area contributed by atoms with E-state index in [1.54, 1.807) is 0 Å². The molecule has 0 aliphatic rings. The number of nitriles is 1. The highest BCUT2D eigenvalue weighted by molar-refractivity contribution is 9.10. The lowest BCUT2D eigenvalue weighted by molar-refractivity contribution is -0.112. The normalized spacial score (nSPS) is 11.1. The lowest BCUT2D eigenvalue weighted by atomic mass is 10.0. The molecule has 134 valence electrons. The van der Waals surface area contributed by atoms with Gasteiger partial charge in [-0.15, -0.1) is 0 Å². The average molecular weight is 412 g/mol. The molecule has 0 atom stereocenters. The first-order valence-corrected chi connectivity index (χ1v) is 9.28. The van der Waals surface area contributed by atoms with Gasteiger partial charge in [-0.05, 0) is 47.7 Å². The molecule has 0 saturated carbocycles. The molecule has 0 heterocycles. The zero-order chi connectivity index (χ0) is 18.9. The molecule has 0 bridgehead atoms. The Hall–Kier alpha value is -2.58. The Kier molecular flexibility index (Phi) is 7.43. The van der Waals surface area contributed by atoms with Crippen molar-refractivity contribution >= 4 is 27.5 Å². The summed E-state index contributed by atoms with van der Waals surface area (Å²) in [5.74, 6) is 0.0171. The van der Waals surface area contributed by atoms with Crippen molar-refractivity contribution in [3.05, 3.63) is 75.9 Å². The molecule has 0 aliphatic carbocycles. The molecule has 0 unspecified atom stereocenters. The smallest absolute Gasteiger partial charge is 0.267 e. The predicted molar refractivity (Wildman–Crippen MR) is 109 cm³/mol. The standard InChI is InChI=1S/C21H22BrN3O/c1-15(2)17-6-8-20(9-7-17)25-21(26)18(13-23)14-24-11-10-16-4-3-5-19(22)12-16/h3-9,12,14-15,24H,10-11H2,1-2H3,(H,25,26)/b18-14-. The minimum Gasteiger partial charge on any atom is -0.389 e. The number of carbonyl (C=O) groups is 1. The molecular formula is C21H22BrN3O. The summed E-state index contributed by atoms with van der Waals surface area (Å²) < 4.78 is 1.03. The largest absolute Gasteiger partial charge is 0.389 e. The van der Waals surface area contributed by atoms with Crippen LogP contribution in [-0.4, -0.2) is 12.5 Å². The molecule has 2 rings (SSSR count). The van der Waals surface area contributed by atoms with Crippen molar-refractivity contribution in [1.82, 2.24) is 5.32 Å². The van der Waals surface area contributed by atoms with Gasteiger partial charge in [0.15, 0.2) is 0 Å². The van der Waals surface area contributed by atoms with Gasteiger partial charge in [-0.2, -0.15) is 5.26 Å². The molecule has 2 aromatic rings. The molecule has 0 aliphatic heterocycles. The number of halogens is 1. The second kappa shape index (κ2) is 9.79. The van der Waals surface area contributed by atoms with Crippen LogP contribution in [0.4, 0.5) is 5.69 Å². The van der Waals surface area contributed by atoms with Crippen LogP contribution in [0.25, 0.3) is 0 Å². The van der Waals surface area contributed by atoms with Crippen LogP contribution in [0.15, 0.2) is 64.8 Å². The molecule has 4 nitrogen and oxygen atoms in total. The van der Waals surface area contributed by atoms with Gasteiger partial charge in [-0.1, -0.05) is 54.0 Å². The Morgan fingerprint density at radius 1 is 1.23 bits per heavy atom. The van der Waals surface area contributed by atoms with E-state index < -0.39 is 5.91 Å². The van der Waals surface area contributed by atoms with Crippen LogP contribution in [0.5, 0.6) is 0 Å². The number of anilines is 1. The molecule has 1 amide bonds. The molecule has 2 aromatic carbocycles. The summed E-state index contributed by atoms with van der Waals surface area (Å²) in [5, 5.41) is 15.0. The van der Waals surface area contributed by atoms with Gasteiger partial charge in [-0.25, -0.2) is 0 Å². The van der Waals surface area contributed by atoms with Crippen molar-refractivity contribution in [2.75, 3.05) is 11.9 Å². The molecular weight excluding hydrogens is 390 g/mol. The fourth-order valence-electron chi connectivity index (χ4n) is 2.38. The van der Waals surface area contributed by atoms with Gasteiger partial charge >= 0.3 is 0 Å². The summed E-state index contributed by atoms with van der Waals surface area (Å²) in [4.78, 5) is 12.2. The molecule has 0 saturated heterocycles. The number of nitrogens with zero attached hydrogens (tertiary/aromatic N) is 1. The van der Waals surface area contributed by atoms with Crippen molar-refractivity contribution in [2.24, 2.45) is 0 Å². The summed E-state index contributed by atoms with van der Waals surface area (Å²) in [7, 11) is 0. The maximum Gasteiger partial charge on any atom is 0.267 e. The highest BCUT2D eigenvalue weighted by atomic mass is 79.9. The molecule has 5 heteroatoms. The van der Waals surface area contributed by atoms with E-state index in [0.29, 0.717) is 18.2 Å². The first kappa shape index (κ1) is 19.7. The topological polar surface area (TPSA) is 64.9 Å². The third kappa shape index (κ3) is 6.05. The van der Waals surface area contributed by atoms with Gasteiger partial charge in [0, 0.05) is 22.9 Å². The van der Waals surface area contributed by atoms with Crippen LogP contribution in [0, 0.1) is 11.3 Å². The summed E-state index contributed by atoms with van der Waals surface area (Å²) >= 11 is 3.44. The molecule has 0 aromatic heterocycles. The molecule has 2 N–H and O–H groups in total. The predicted octanol–water partition coefficient (Wildman–Crippen LogP) is 4.75. The van der Waals surface area contributed by atoms with Gasteiger partial charge in [0.1, 0.15) is 11.6 Å². The number of hydrogen-bond donors (Lipinski definition) is 2. The maximum atomic E-state index is 12.2. The van der Waals surface area contributed by atoms with Crippen molar-refractivity contribution in [3.63, 3.8) is 0 Å². The number of hydrogen-bond acceptors (Lipinski definition) is 3. The van der Waals surface area contributed by atoms with Gasteiger partial charge in [0.25, 0.3) is 5.91 Å². The van der Waals surface area contributed by atoms with Gasteiger partial charge < -0.3 is 10.6 Å². The Labute approximate surface area is 163 Å². The number of amides is 1. The van der Waals surface area contributed by atoms with Crippen molar-refractivity contribution in [1.29, 1.82) is 5.26 Å². The average Bonchev–Trinajstić information content (AvgIpc) is 2.62. The van der Waals surface area contributed by atoms with Crippen LogP contribution in [-0.2, 0) is 11.2 Å². The third-order valence-electron chi connectivity index (χ3n) is 3.89. The highest BCUT2D eigenvalue weighted by Crippen LogP contribution is 2.17. The Balaban J connectivity index is 1.89. The second-order valence-corrected chi connectivity index (χ2v) is 7.15. The van der Waals surface area contributed by atoms with E-state index >= 15 is 0 Å². The first-order chi connectivity index (χ1) is 12.5.